The van der Waals surface area contributed by atoms with Crippen molar-refractivity contribution in [1.29, 1.82) is 0 Å². The predicted octanol–water partition coefficient (Wildman–Crippen LogP) is 0.993. The van der Waals surface area contributed by atoms with E-state index >= 15 is 0 Å². The Hall–Kier alpha value is -1.92. The third kappa shape index (κ3) is 3.85. The van der Waals surface area contributed by atoms with E-state index in [4.69, 9.17) is 0 Å². The van der Waals surface area contributed by atoms with Gasteiger partial charge in [-0.3, -0.25) is 10.2 Å². The van der Waals surface area contributed by atoms with E-state index in [0.29, 0.717) is 11.6 Å². The molecular weight excluding hydrogens is 312 g/mol. The standard InChI is InChI=1S/C20H26N4O/c25-24-11-10-21-20(24)18-8-6-17(7-9-18)16-22-12-14-23(15-13-22)19-4-2-1-3-5-19/h1-9,20-21,24H,10-16H2. The molecule has 2 N–H and O–H groups in total. The van der Waals surface area contributed by atoms with Crippen LogP contribution < -0.4 is 15.3 Å². The number of piperazine rings is 1. The minimum Gasteiger partial charge on any atom is -0.633 e. The van der Waals surface area contributed by atoms with Crippen molar-refractivity contribution in [2.24, 2.45) is 0 Å². The third-order valence-corrected chi connectivity index (χ3v) is 5.25. The first-order valence-electron chi connectivity index (χ1n) is 9.17. The van der Waals surface area contributed by atoms with Crippen LogP contribution in [-0.4, -0.2) is 44.2 Å². The molecule has 2 aromatic rings. The largest absolute Gasteiger partial charge is 0.633 e. The predicted molar refractivity (Wildman–Crippen MR) is 100 cm³/mol. The molecule has 0 bridgehead atoms. The number of nitrogens with zero attached hydrogens (tertiary/aromatic N) is 2. The van der Waals surface area contributed by atoms with Crippen molar-refractivity contribution in [3.63, 3.8) is 0 Å². The van der Waals surface area contributed by atoms with E-state index in [1.54, 1.807) is 0 Å². The molecule has 2 fully saturated rings. The van der Waals surface area contributed by atoms with Gasteiger partial charge < -0.3 is 15.2 Å². The fraction of sp³-hybridized carbons (Fsp3) is 0.400. The Morgan fingerprint density at radius 1 is 0.960 bits per heavy atom. The highest BCUT2D eigenvalue weighted by atomic mass is 16.5. The van der Waals surface area contributed by atoms with Crippen molar-refractivity contribution < 1.29 is 5.06 Å². The van der Waals surface area contributed by atoms with Crippen LogP contribution in [0.25, 0.3) is 0 Å². The number of para-hydroxylation sites is 1. The van der Waals surface area contributed by atoms with Gasteiger partial charge >= 0.3 is 0 Å². The highest BCUT2D eigenvalue weighted by Gasteiger charge is 2.23. The summed E-state index contributed by atoms with van der Waals surface area (Å²) in [6.07, 6.45) is -0.0940. The van der Waals surface area contributed by atoms with Crippen LogP contribution in [0.15, 0.2) is 54.6 Å². The van der Waals surface area contributed by atoms with Gasteiger partial charge in [0.05, 0.1) is 13.1 Å². The fourth-order valence-electron chi connectivity index (χ4n) is 3.78. The third-order valence-electron chi connectivity index (χ3n) is 5.25. The van der Waals surface area contributed by atoms with Gasteiger partial charge in [0, 0.05) is 44.0 Å². The van der Waals surface area contributed by atoms with Crippen molar-refractivity contribution in [3.8, 4) is 0 Å². The minimum atomic E-state index is -0.0940. The summed E-state index contributed by atoms with van der Waals surface area (Å²) in [6, 6.07) is 19.2. The summed E-state index contributed by atoms with van der Waals surface area (Å²) in [5.74, 6) is 0. The maximum Gasteiger partial charge on any atom is 0.167 e. The summed E-state index contributed by atoms with van der Waals surface area (Å²) in [4.78, 5) is 4.96. The van der Waals surface area contributed by atoms with Crippen LogP contribution in [0.5, 0.6) is 0 Å². The normalized spacial score (nSPS) is 24.6. The molecule has 4 rings (SSSR count). The molecule has 0 radical (unpaired) electrons. The fourth-order valence-corrected chi connectivity index (χ4v) is 3.78. The summed E-state index contributed by atoms with van der Waals surface area (Å²) in [5.41, 5.74) is 3.74. The number of rotatable bonds is 4. The second-order valence-corrected chi connectivity index (χ2v) is 6.94. The Morgan fingerprint density at radius 3 is 2.32 bits per heavy atom. The lowest BCUT2D eigenvalue weighted by atomic mass is 10.1. The molecule has 5 nitrogen and oxygen atoms in total. The average Bonchev–Trinajstić information content (AvgIpc) is 3.10. The molecule has 132 valence electrons. The molecule has 0 amide bonds. The molecule has 2 saturated heterocycles. The van der Waals surface area contributed by atoms with E-state index in [2.05, 4.69) is 69.7 Å². The molecule has 5 heteroatoms. The zero-order chi connectivity index (χ0) is 17.1. The van der Waals surface area contributed by atoms with Gasteiger partial charge in [-0.25, -0.2) is 0 Å². The van der Waals surface area contributed by atoms with Crippen molar-refractivity contribution in [2.75, 3.05) is 44.2 Å². The number of hydrogen-bond donors (Lipinski definition) is 2. The van der Waals surface area contributed by atoms with Crippen LogP contribution in [-0.2, 0) is 6.54 Å². The van der Waals surface area contributed by atoms with E-state index in [9.17, 15) is 5.21 Å². The smallest absolute Gasteiger partial charge is 0.167 e. The van der Waals surface area contributed by atoms with Crippen LogP contribution in [0.2, 0.25) is 0 Å². The summed E-state index contributed by atoms with van der Waals surface area (Å²) in [5, 5.41) is 15.4. The van der Waals surface area contributed by atoms with Crippen molar-refractivity contribution in [2.45, 2.75) is 12.7 Å². The van der Waals surface area contributed by atoms with Gasteiger partial charge in [0.15, 0.2) is 6.17 Å². The summed E-state index contributed by atoms with van der Waals surface area (Å²) in [6.45, 7) is 6.74. The molecule has 2 aliphatic heterocycles. The lowest BCUT2D eigenvalue weighted by Crippen LogP contribution is -3.06. The quantitative estimate of drug-likeness (QED) is 0.817. The summed E-state index contributed by atoms with van der Waals surface area (Å²) < 4.78 is 0. The Bertz CT molecular complexity index is 668. The number of quaternary nitrogens is 1. The molecule has 25 heavy (non-hydrogen) atoms. The number of anilines is 1. The molecule has 0 aliphatic carbocycles. The second-order valence-electron chi connectivity index (χ2n) is 6.94. The van der Waals surface area contributed by atoms with Gasteiger partial charge in [0.25, 0.3) is 0 Å². The van der Waals surface area contributed by atoms with Crippen LogP contribution in [0, 0.1) is 5.21 Å². The second kappa shape index (κ2) is 7.54. The molecular formula is C20H26N4O. The first kappa shape index (κ1) is 16.5. The van der Waals surface area contributed by atoms with Gasteiger partial charge in [-0.1, -0.05) is 42.5 Å². The highest BCUT2D eigenvalue weighted by molar-refractivity contribution is 5.46. The first-order chi connectivity index (χ1) is 12.3. The first-order valence-corrected chi connectivity index (χ1v) is 9.17. The average molecular weight is 338 g/mol. The van der Waals surface area contributed by atoms with E-state index in [1.807, 2.05) is 0 Å². The van der Waals surface area contributed by atoms with Crippen LogP contribution in [0.4, 0.5) is 5.69 Å². The maximum atomic E-state index is 11.8. The van der Waals surface area contributed by atoms with Crippen molar-refractivity contribution in [1.82, 2.24) is 10.2 Å². The highest BCUT2D eigenvalue weighted by Crippen LogP contribution is 2.17. The Morgan fingerprint density at radius 2 is 1.68 bits per heavy atom. The van der Waals surface area contributed by atoms with Gasteiger partial charge in [-0.15, -0.1) is 0 Å². The zero-order valence-electron chi connectivity index (χ0n) is 14.5. The molecule has 2 unspecified atom stereocenters. The van der Waals surface area contributed by atoms with Crippen molar-refractivity contribution in [3.05, 3.63) is 70.9 Å². The topological polar surface area (TPSA) is 46.0 Å². The van der Waals surface area contributed by atoms with E-state index in [1.165, 1.54) is 11.3 Å². The molecule has 0 aromatic heterocycles. The van der Waals surface area contributed by atoms with Gasteiger partial charge in [0.1, 0.15) is 0 Å². The van der Waals surface area contributed by atoms with Crippen LogP contribution >= 0.6 is 0 Å². The molecule has 2 aromatic carbocycles. The number of hydrogen-bond acceptors (Lipinski definition) is 4. The van der Waals surface area contributed by atoms with Crippen molar-refractivity contribution >= 4 is 5.69 Å². The molecule has 0 spiro atoms. The van der Waals surface area contributed by atoms with E-state index in [-0.39, 0.29) is 6.17 Å². The number of hydroxylamine groups is 2. The molecule has 2 aliphatic rings. The van der Waals surface area contributed by atoms with Gasteiger partial charge in [0.2, 0.25) is 0 Å². The number of nitrogens with one attached hydrogen (secondary N) is 2. The molecule has 2 heterocycles. The van der Waals surface area contributed by atoms with E-state index in [0.717, 1.165) is 44.8 Å². The van der Waals surface area contributed by atoms with Gasteiger partial charge in [-0.2, -0.15) is 0 Å². The van der Waals surface area contributed by atoms with Crippen LogP contribution in [0.1, 0.15) is 17.3 Å². The Balaban J connectivity index is 1.31. The maximum absolute atomic E-state index is 11.8. The molecule has 2 atom stereocenters. The lowest BCUT2D eigenvalue weighted by Gasteiger charge is -2.36. The zero-order valence-corrected chi connectivity index (χ0v) is 14.5. The number of benzene rings is 2. The summed E-state index contributed by atoms with van der Waals surface area (Å²) in [7, 11) is 0. The SMILES string of the molecule is [O-][NH+]1CCNC1c1ccc(CN2CCN(c3ccccc3)CC2)cc1. The Kier molecular flexibility index (Phi) is 4.99. The monoisotopic (exact) mass is 338 g/mol. The summed E-state index contributed by atoms with van der Waals surface area (Å²) >= 11 is 0. The lowest BCUT2D eigenvalue weighted by molar-refractivity contribution is -0.868. The van der Waals surface area contributed by atoms with E-state index < -0.39 is 0 Å². The van der Waals surface area contributed by atoms with Gasteiger partial charge in [-0.05, 0) is 17.7 Å². The van der Waals surface area contributed by atoms with Crippen LogP contribution in [0.3, 0.4) is 0 Å². The molecule has 0 saturated carbocycles. The minimum absolute atomic E-state index is 0.0940. The Labute approximate surface area is 149 Å².